The van der Waals surface area contributed by atoms with Crippen molar-refractivity contribution in [2.75, 3.05) is 35.5 Å². The Hall–Kier alpha value is -7.97. The molecule has 67 heavy (non-hydrogen) atoms. The van der Waals surface area contributed by atoms with Gasteiger partial charge < -0.3 is 40.7 Å². The first kappa shape index (κ1) is 43.0. The smallest absolute Gasteiger partial charge is 0.295 e. The van der Waals surface area contributed by atoms with Gasteiger partial charge in [-0.1, -0.05) is 6.07 Å². The van der Waals surface area contributed by atoms with E-state index in [4.69, 9.17) is 14.6 Å². The van der Waals surface area contributed by atoms with Gasteiger partial charge in [0.2, 0.25) is 11.8 Å². The van der Waals surface area contributed by atoms with Crippen LogP contribution in [0.2, 0.25) is 0 Å². The highest BCUT2D eigenvalue weighted by molar-refractivity contribution is 5.99. The summed E-state index contributed by atoms with van der Waals surface area (Å²) in [5, 5.41) is 21.5. The second kappa shape index (κ2) is 16.8. The SMILES string of the molecule is COc1cc(-c2nn(CC3CC3C(=O)Nc3cc(Nc4ccc(-c5nn(C)cc5C)c(F)c4OC)c4nc(C(F)F)[nH]c4n3)cc2C)ccc1Nc1cc(NC(=O)C2CC2)nc2[nH]c(C)nc12. The Morgan fingerprint density at radius 2 is 1.46 bits per heavy atom. The van der Waals surface area contributed by atoms with Gasteiger partial charge in [-0.2, -0.15) is 10.2 Å². The summed E-state index contributed by atoms with van der Waals surface area (Å²) in [7, 11) is 4.64. The van der Waals surface area contributed by atoms with E-state index in [2.05, 4.69) is 56.3 Å². The number of nitrogens with zero attached hydrogens (tertiary/aromatic N) is 8. The second-order valence-corrected chi connectivity index (χ2v) is 17.0. The Labute approximate surface area is 380 Å². The third kappa shape index (κ3) is 8.43. The van der Waals surface area contributed by atoms with Crippen molar-refractivity contribution in [2.45, 2.75) is 53.0 Å². The van der Waals surface area contributed by atoms with E-state index >= 15 is 4.39 Å². The lowest BCUT2D eigenvalue weighted by Crippen LogP contribution is -2.17. The van der Waals surface area contributed by atoms with Gasteiger partial charge in [-0.3, -0.25) is 19.0 Å². The van der Waals surface area contributed by atoms with E-state index in [9.17, 15) is 18.4 Å². The van der Waals surface area contributed by atoms with Gasteiger partial charge in [-0.25, -0.2) is 33.1 Å². The maximum absolute atomic E-state index is 16.0. The number of hydrogen-bond acceptors (Lipinski definition) is 12. The number of nitrogens with one attached hydrogen (secondary N) is 6. The molecule has 6 N–H and O–H groups in total. The fraction of sp³-hybridized carbons (Fsp3) is 0.304. The minimum atomic E-state index is -2.93. The van der Waals surface area contributed by atoms with Gasteiger partial charge in [0.15, 0.2) is 28.7 Å². The number of carbonyl (C=O) groups is 2. The molecule has 2 saturated carbocycles. The maximum atomic E-state index is 16.0. The van der Waals surface area contributed by atoms with Crippen LogP contribution in [0, 0.1) is 44.3 Å². The highest BCUT2D eigenvalue weighted by Gasteiger charge is 2.43. The lowest BCUT2D eigenvalue weighted by Gasteiger charge is -2.15. The average molecular weight is 915 g/mol. The molecule has 6 heterocycles. The zero-order valence-electron chi connectivity index (χ0n) is 37.2. The number of imidazole rings is 2. The topological polar surface area (TPSA) is 220 Å². The Morgan fingerprint density at radius 3 is 2.13 bits per heavy atom. The number of pyridine rings is 2. The van der Waals surface area contributed by atoms with Gasteiger partial charge >= 0.3 is 0 Å². The third-order valence-electron chi connectivity index (χ3n) is 11.9. The van der Waals surface area contributed by atoms with Gasteiger partial charge in [0.05, 0.1) is 48.4 Å². The second-order valence-electron chi connectivity index (χ2n) is 17.0. The Kier molecular flexibility index (Phi) is 10.8. The summed E-state index contributed by atoms with van der Waals surface area (Å²) in [4.78, 5) is 49.6. The summed E-state index contributed by atoms with van der Waals surface area (Å²) < 4.78 is 58.4. The van der Waals surface area contributed by atoms with Crippen LogP contribution in [0.25, 0.3) is 44.8 Å². The first-order valence-corrected chi connectivity index (χ1v) is 21.5. The predicted octanol–water partition coefficient (Wildman–Crippen LogP) is 8.62. The van der Waals surface area contributed by atoms with Crippen molar-refractivity contribution >= 4 is 68.5 Å². The summed E-state index contributed by atoms with van der Waals surface area (Å²) in [5.41, 5.74) is 6.78. The number of aryl methyl sites for hydroxylation is 4. The number of benzene rings is 2. The van der Waals surface area contributed by atoms with Crippen molar-refractivity contribution < 1.29 is 32.2 Å². The Morgan fingerprint density at radius 1 is 0.791 bits per heavy atom. The van der Waals surface area contributed by atoms with Crippen LogP contribution in [-0.2, 0) is 23.2 Å². The number of hydrogen-bond donors (Lipinski definition) is 6. The van der Waals surface area contributed by atoms with Gasteiger partial charge in [0.1, 0.15) is 34.2 Å². The highest BCUT2D eigenvalue weighted by atomic mass is 19.3. The molecule has 344 valence electrons. The normalized spacial score (nSPS) is 15.6. The number of H-pyrrole nitrogens is 2. The zero-order valence-corrected chi connectivity index (χ0v) is 37.2. The molecule has 8 aromatic rings. The molecule has 2 atom stereocenters. The number of anilines is 6. The summed E-state index contributed by atoms with van der Waals surface area (Å²) >= 11 is 0. The maximum Gasteiger partial charge on any atom is 0.295 e. The quantitative estimate of drug-likeness (QED) is 0.0569. The number of halogens is 3. The largest absolute Gasteiger partial charge is 0.495 e. The number of carbonyl (C=O) groups excluding carboxylic acids is 2. The number of aromatic nitrogens is 10. The van der Waals surface area contributed by atoms with Crippen LogP contribution < -0.4 is 30.7 Å². The summed E-state index contributed by atoms with van der Waals surface area (Å²) in [6, 6.07) is 12.1. The molecule has 2 unspecified atom stereocenters. The van der Waals surface area contributed by atoms with E-state index in [-0.39, 0.29) is 69.2 Å². The van der Waals surface area contributed by atoms with E-state index in [1.165, 1.54) is 13.2 Å². The van der Waals surface area contributed by atoms with Crippen molar-refractivity contribution in [3.8, 4) is 34.0 Å². The van der Waals surface area contributed by atoms with Crippen LogP contribution in [0.4, 0.5) is 47.6 Å². The molecule has 18 nitrogen and oxygen atoms in total. The van der Waals surface area contributed by atoms with Gasteiger partial charge in [0, 0.05) is 61.1 Å². The first-order valence-electron chi connectivity index (χ1n) is 21.5. The van der Waals surface area contributed by atoms with Crippen LogP contribution >= 0.6 is 0 Å². The minimum Gasteiger partial charge on any atom is -0.495 e. The zero-order chi connectivity index (χ0) is 46.8. The van der Waals surface area contributed by atoms with E-state index in [1.54, 1.807) is 43.2 Å². The van der Waals surface area contributed by atoms with Crippen molar-refractivity contribution in [3.63, 3.8) is 0 Å². The Balaban J connectivity index is 0.838. The van der Waals surface area contributed by atoms with Crippen molar-refractivity contribution in [3.05, 3.63) is 83.5 Å². The predicted molar refractivity (Wildman–Crippen MR) is 244 cm³/mol. The molecule has 21 heteroatoms. The van der Waals surface area contributed by atoms with Crippen LogP contribution in [0.15, 0.2) is 54.9 Å². The van der Waals surface area contributed by atoms with Crippen LogP contribution in [0.3, 0.4) is 0 Å². The highest BCUT2D eigenvalue weighted by Crippen LogP contribution is 2.43. The van der Waals surface area contributed by atoms with Crippen LogP contribution in [0.5, 0.6) is 11.5 Å². The van der Waals surface area contributed by atoms with E-state index in [0.29, 0.717) is 58.6 Å². The van der Waals surface area contributed by atoms with E-state index < -0.39 is 18.1 Å². The molecular weight excluding hydrogens is 870 g/mol. The third-order valence-corrected chi connectivity index (χ3v) is 11.9. The van der Waals surface area contributed by atoms with E-state index in [1.807, 2.05) is 49.8 Å². The molecule has 10 rings (SSSR count). The van der Waals surface area contributed by atoms with Gasteiger partial charge in [-0.05, 0) is 81.3 Å². The van der Waals surface area contributed by atoms with Gasteiger partial charge in [-0.15, -0.1) is 0 Å². The average Bonchev–Trinajstić information content (AvgIpc) is 4.12. The molecule has 2 amide bonds. The number of ether oxygens (including phenoxy) is 2. The number of rotatable bonds is 15. The minimum absolute atomic E-state index is 0.00574. The molecule has 2 aliphatic carbocycles. The number of fused-ring (bicyclic) bond motifs is 2. The Bertz CT molecular complexity index is 3260. The molecular formula is C46H45F3N14O4. The molecule has 2 aromatic carbocycles. The fourth-order valence-electron chi connectivity index (χ4n) is 8.38. The molecule has 0 radical (unpaired) electrons. The molecule has 0 spiro atoms. The molecule has 2 fully saturated rings. The standard InChI is InChI=1S/C46H45F3N14O4/c1-20-17-62(4)60-37(20)26-10-12-29(40(67-6)35(26)47)53-31-16-34(55-43-39(31)58-44(59-43)41(48)49)57-46(65)27-13-25(27)19-63-18-21(2)36(61-63)24-9-11-28(32(14-24)66-5)52-30-15-33(56-45(64)23-7-8-23)54-42-38(30)50-22(3)51-42/h9-12,14-18,23,25,27,41H,7-8,13,19H2,1-6H3,(H3,50,51,52,54,56,64)(H3,53,55,57,58,59,65). The van der Waals surface area contributed by atoms with Crippen molar-refractivity contribution in [1.82, 2.24) is 49.5 Å². The molecule has 0 bridgehead atoms. The lowest BCUT2D eigenvalue weighted by molar-refractivity contribution is -0.118. The first-order chi connectivity index (χ1) is 32.2. The number of aromatic amines is 2. The molecule has 2 aliphatic rings. The van der Waals surface area contributed by atoms with Gasteiger partial charge in [0.25, 0.3) is 6.43 Å². The summed E-state index contributed by atoms with van der Waals surface area (Å²) in [6.07, 6.45) is 3.10. The molecule has 0 aliphatic heterocycles. The van der Waals surface area contributed by atoms with Crippen molar-refractivity contribution in [1.29, 1.82) is 0 Å². The monoisotopic (exact) mass is 914 g/mol. The molecule has 6 aromatic heterocycles. The number of amides is 2. The lowest BCUT2D eigenvalue weighted by atomic mass is 10.1. The molecule has 0 saturated heterocycles. The van der Waals surface area contributed by atoms with E-state index in [0.717, 1.165) is 35.2 Å². The summed E-state index contributed by atoms with van der Waals surface area (Å²) in [5.74, 6) is -0.452. The van der Waals surface area contributed by atoms with Crippen LogP contribution in [-0.4, -0.2) is 75.5 Å². The summed E-state index contributed by atoms with van der Waals surface area (Å²) in [6.45, 7) is 6.08. The fourth-order valence-corrected chi connectivity index (χ4v) is 8.38. The van der Waals surface area contributed by atoms with Crippen LogP contribution in [0.1, 0.15) is 48.5 Å². The number of alkyl halides is 2. The number of methoxy groups -OCH3 is 2. The van der Waals surface area contributed by atoms with Crippen molar-refractivity contribution in [2.24, 2.45) is 24.8 Å².